The summed E-state index contributed by atoms with van der Waals surface area (Å²) in [6.45, 7) is 0. The largest absolute Gasteiger partial charge is 0.447 e. The molecule has 82 valence electrons. The number of carbonyl (C=O) groups is 1. The Balaban J connectivity index is 2.61. The van der Waals surface area contributed by atoms with Crippen LogP contribution in [0.3, 0.4) is 0 Å². The number of hydrogen-bond acceptors (Lipinski definition) is 5. The summed E-state index contributed by atoms with van der Waals surface area (Å²) in [5.41, 5.74) is 0. The quantitative estimate of drug-likeness (QED) is 0.742. The smallest absolute Gasteiger partial charge is 0.352 e. The van der Waals surface area contributed by atoms with E-state index < -0.39 is 11.7 Å². The van der Waals surface area contributed by atoms with Gasteiger partial charge in [-0.15, -0.1) is 0 Å². The normalized spacial score (nSPS) is 10.1. The molecular formula is C9H8N4O3. The molecule has 2 rings (SSSR count). The predicted octanol–water partition coefficient (Wildman–Crippen LogP) is -0.420. The molecule has 2 heterocycles. The van der Waals surface area contributed by atoms with Crippen LogP contribution in [-0.2, 0) is 0 Å². The Morgan fingerprint density at radius 2 is 2.31 bits per heavy atom. The minimum atomic E-state index is -0.752. The lowest BCUT2D eigenvalue weighted by molar-refractivity contribution is 0.0947. The Morgan fingerprint density at radius 1 is 1.50 bits per heavy atom. The third-order valence-corrected chi connectivity index (χ3v) is 1.91. The fourth-order valence-electron chi connectivity index (χ4n) is 1.19. The van der Waals surface area contributed by atoms with Gasteiger partial charge in [-0.1, -0.05) is 6.07 Å². The van der Waals surface area contributed by atoms with Gasteiger partial charge in [-0.3, -0.25) is 9.32 Å². The van der Waals surface area contributed by atoms with Crippen LogP contribution in [0.15, 0.2) is 33.7 Å². The molecule has 0 fully saturated rings. The first-order chi connectivity index (χ1) is 7.74. The summed E-state index contributed by atoms with van der Waals surface area (Å²) in [4.78, 5) is 26.7. The monoisotopic (exact) mass is 220 g/mol. The van der Waals surface area contributed by atoms with Crippen molar-refractivity contribution in [1.82, 2.24) is 20.0 Å². The van der Waals surface area contributed by atoms with E-state index in [0.717, 1.165) is 4.57 Å². The summed E-state index contributed by atoms with van der Waals surface area (Å²) >= 11 is 0. The zero-order valence-electron chi connectivity index (χ0n) is 8.38. The van der Waals surface area contributed by atoms with Gasteiger partial charge in [0.1, 0.15) is 5.82 Å². The van der Waals surface area contributed by atoms with E-state index in [9.17, 15) is 9.59 Å². The second-order valence-electron chi connectivity index (χ2n) is 2.87. The molecule has 0 saturated heterocycles. The van der Waals surface area contributed by atoms with Gasteiger partial charge in [0.25, 0.3) is 5.91 Å². The van der Waals surface area contributed by atoms with Crippen molar-refractivity contribution in [1.29, 1.82) is 0 Å². The zero-order chi connectivity index (χ0) is 11.5. The fourth-order valence-corrected chi connectivity index (χ4v) is 1.19. The number of rotatable bonds is 2. The number of carbonyl (C=O) groups excluding carboxylic acids is 1. The van der Waals surface area contributed by atoms with E-state index in [2.05, 4.69) is 20.0 Å². The minimum absolute atomic E-state index is 0.133. The van der Waals surface area contributed by atoms with Crippen LogP contribution in [0.4, 0.5) is 0 Å². The lowest BCUT2D eigenvalue weighted by Gasteiger charge is -2.00. The number of aromatic nitrogens is 3. The third-order valence-electron chi connectivity index (χ3n) is 1.91. The van der Waals surface area contributed by atoms with E-state index in [4.69, 9.17) is 0 Å². The summed E-state index contributed by atoms with van der Waals surface area (Å²) < 4.78 is 5.43. The molecule has 0 aliphatic heterocycles. The second-order valence-corrected chi connectivity index (χ2v) is 2.87. The van der Waals surface area contributed by atoms with Crippen molar-refractivity contribution in [3.8, 4) is 5.82 Å². The number of nitrogens with zero attached hydrogens (tertiary/aromatic N) is 3. The highest BCUT2D eigenvalue weighted by Crippen LogP contribution is 2.02. The van der Waals surface area contributed by atoms with Gasteiger partial charge in [0.15, 0.2) is 0 Å². The van der Waals surface area contributed by atoms with Gasteiger partial charge in [-0.2, -0.15) is 0 Å². The molecule has 2 aromatic rings. The van der Waals surface area contributed by atoms with Crippen LogP contribution in [0, 0.1) is 0 Å². The van der Waals surface area contributed by atoms with Crippen molar-refractivity contribution in [2.75, 3.05) is 7.05 Å². The molecule has 0 saturated carbocycles. The molecule has 0 spiro atoms. The Morgan fingerprint density at radius 3 is 2.94 bits per heavy atom. The molecule has 0 aromatic carbocycles. The molecule has 0 atom stereocenters. The van der Waals surface area contributed by atoms with Gasteiger partial charge in [0, 0.05) is 13.2 Å². The van der Waals surface area contributed by atoms with Crippen LogP contribution in [0.1, 0.15) is 10.6 Å². The molecule has 0 aliphatic carbocycles. The van der Waals surface area contributed by atoms with Crippen molar-refractivity contribution in [3.05, 3.63) is 40.8 Å². The molecule has 1 amide bonds. The first-order valence-electron chi connectivity index (χ1n) is 4.46. The summed E-state index contributed by atoms with van der Waals surface area (Å²) in [7, 11) is 1.43. The number of nitrogens with one attached hydrogen (secondary N) is 1. The summed E-state index contributed by atoms with van der Waals surface area (Å²) in [6, 6.07) is 4.96. The molecule has 1 N–H and O–H groups in total. The van der Waals surface area contributed by atoms with Crippen LogP contribution in [0.5, 0.6) is 0 Å². The Labute approximate surface area is 89.7 Å². The maximum Gasteiger partial charge on any atom is 0.447 e. The maximum atomic E-state index is 11.4. The van der Waals surface area contributed by atoms with Crippen molar-refractivity contribution < 1.29 is 9.32 Å². The standard InChI is InChI=1S/C9H8N4O3/c1-10-8(14)7-12-16-9(15)13(7)6-4-2-3-5-11-6/h2-5H,1H3,(H,10,14). The lowest BCUT2D eigenvalue weighted by Crippen LogP contribution is -2.26. The average Bonchev–Trinajstić information content (AvgIpc) is 2.71. The Kier molecular flexibility index (Phi) is 2.50. The number of hydrogen-bond donors (Lipinski definition) is 1. The highest BCUT2D eigenvalue weighted by atomic mass is 16.5. The first kappa shape index (κ1) is 10.1. The lowest BCUT2D eigenvalue weighted by atomic mass is 10.4. The van der Waals surface area contributed by atoms with E-state index in [1.807, 2.05) is 0 Å². The maximum absolute atomic E-state index is 11.4. The topological polar surface area (TPSA) is 90.0 Å². The van der Waals surface area contributed by atoms with Gasteiger partial charge in [-0.25, -0.2) is 14.3 Å². The Hall–Kier alpha value is -2.44. The van der Waals surface area contributed by atoms with Crippen LogP contribution in [0.25, 0.3) is 5.82 Å². The summed E-state index contributed by atoms with van der Waals surface area (Å²) in [6.07, 6.45) is 1.50. The molecule has 0 aliphatic rings. The van der Waals surface area contributed by atoms with Crippen LogP contribution < -0.4 is 11.1 Å². The number of amides is 1. The van der Waals surface area contributed by atoms with Crippen LogP contribution in [0.2, 0.25) is 0 Å². The van der Waals surface area contributed by atoms with E-state index in [-0.39, 0.29) is 11.6 Å². The highest BCUT2D eigenvalue weighted by Gasteiger charge is 2.18. The van der Waals surface area contributed by atoms with E-state index >= 15 is 0 Å². The molecule has 16 heavy (non-hydrogen) atoms. The van der Waals surface area contributed by atoms with Crippen LogP contribution >= 0.6 is 0 Å². The predicted molar refractivity (Wildman–Crippen MR) is 53.3 cm³/mol. The zero-order valence-corrected chi connectivity index (χ0v) is 8.38. The molecule has 7 heteroatoms. The third kappa shape index (κ3) is 1.58. The van der Waals surface area contributed by atoms with E-state index in [1.54, 1.807) is 18.2 Å². The van der Waals surface area contributed by atoms with Gasteiger partial charge < -0.3 is 5.32 Å². The van der Waals surface area contributed by atoms with Gasteiger partial charge in [0.05, 0.1) is 0 Å². The minimum Gasteiger partial charge on any atom is -0.352 e. The molecule has 0 bridgehead atoms. The first-order valence-corrected chi connectivity index (χ1v) is 4.46. The molecule has 2 aromatic heterocycles. The Bertz CT molecular complexity index is 558. The molecule has 0 unspecified atom stereocenters. The second kappa shape index (κ2) is 3.97. The van der Waals surface area contributed by atoms with Gasteiger partial charge in [-0.05, 0) is 17.3 Å². The average molecular weight is 220 g/mol. The van der Waals surface area contributed by atoms with Crippen LogP contribution in [-0.4, -0.2) is 27.7 Å². The van der Waals surface area contributed by atoms with Crippen molar-refractivity contribution in [3.63, 3.8) is 0 Å². The van der Waals surface area contributed by atoms with Gasteiger partial charge in [0.2, 0.25) is 5.82 Å². The molecule has 0 radical (unpaired) electrons. The van der Waals surface area contributed by atoms with E-state index in [1.165, 1.54) is 13.2 Å². The van der Waals surface area contributed by atoms with Crippen molar-refractivity contribution in [2.24, 2.45) is 0 Å². The molecule has 7 nitrogen and oxygen atoms in total. The fraction of sp³-hybridized carbons (Fsp3) is 0.111. The summed E-state index contributed by atoms with van der Waals surface area (Å²) in [5, 5.41) is 5.74. The highest BCUT2D eigenvalue weighted by molar-refractivity contribution is 5.90. The van der Waals surface area contributed by atoms with Crippen molar-refractivity contribution in [2.45, 2.75) is 0 Å². The SMILES string of the molecule is CNC(=O)c1noc(=O)n1-c1ccccn1. The number of pyridine rings is 1. The van der Waals surface area contributed by atoms with Crippen molar-refractivity contribution >= 4 is 5.91 Å². The molecular weight excluding hydrogens is 212 g/mol. The van der Waals surface area contributed by atoms with Gasteiger partial charge >= 0.3 is 5.76 Å². The summed E-state index contributed by atoms with van der Waals surface area (Å²) in [5.74, 6) is -1.12. The van der Waals surface area contributed by atoms with E-state index in [0.29, 0.717) is 0 Å².